The first-order chi connectivity index (χ1) is 12.9. The number of Topliss-reactive ketones (excluding diaryl/α,β-unsaturated/α-hetero) is 1. The van der Waals surface area contributed by atoms with Crippen LogP contribution < -0.4 is 0 Å². The van der Waals surface area contributed by atoms with Crippen molar-refractivity contribution in [3.63, 3.8) is 0 Å². The fourth-order valence-corrected chi connectivity index (χ4v) is 3.66. The number of aromatic nitrogens is 1. The van der Waals surface area contributed by atoms with Crippen LogP contribution in [0.5, 0.6) is 0 Å². The predicted molar refractivity (Wildman–Crippen MR) is 104 cm³/mol. The van der Waals surface area contributed by atoms with Gasteiger partial charge in [0.25, 0.3) is 0 Å². The molecule has 0 N–H and O–H groups in total. The van der Waals surface area contributed by atoms with E-state index < -0.39 is 5.97 Å². The highest BCUT2D eigenvalue weighted by Crippen LogP contribution is 2.23. The monoisotopic (exact) mass is 409 g/mol. The van der Waals surface area contributed by atoms with E-state index in [2.05, 4.69) is 4.57 Å². The summed E-state index contributed by atoms with van der Waals surface area (Å²) in [6.45, 7) is 5.01. The minimum atomic E-state index is -0.677. The molecule has 1 aromatic carbocycles. The molecule has 1 aliphatic rings. The Kier molecular flexibility index (Phi) is 6.25. The van der Waals surface area contributed by atoms with Crippen molar-refractivity contribution >= 4 is 35.0 Å². The van der Waals surface area contributed by atoms with Crippen LogP contribution in [0.15, 0.2) is 24.3 Å². The van der Waals surface area contributed by atoms with Gasteiger partial charge in [0.05, 0.1) is 16.7 Å². The lowest BCUT2D eigenvalue weighted by Crippen LogP contribution is -2.18. The maximum absolute atomic E-state index is 12.6. The van der Waals surface area contributed by atoms with Crippen LogP contribution in [-0.4, -0.2) is 35.6 Å². The third-order valence-electron chi connectivity index (χ3n) is 4.77. The van der Waals surface area contributed by atoms with E-state index in [1.807, 2.05) is 19.9 Å². The van der Waals surface area contributed by atoms with Gasteiger partial charge in [-0.2, -0.15) is 0 Å². The Hall–Kier alpha value is -1.82. The number of nitrogens with zero attached hydrogens (tertiary/aromatic N) is 1. The number of esters is 1. The molecule has 1 fully saturated rings. The molecule has 144 valence electrons. The number of hydrogen-bond acceptors (Lipinski definition) is 4. The van der Waals surface area contributed by atoms with Gasteiger partial charge in [0.15, 0.2) is 6.61 Å². The molecule has 1 atom stereocenters. The number of carbonyl (C=O) groups is 2. The topological polar surface area (TPSA) is 57.5 Å². The summed E-state index contributed by atoms with van der Waals surface area (Å²) in [5.41, 5.74) is 2.52. The third-order valence-corrected chi connectivity index (χ3v) is 5.33. The molecule has 7 heteroatoms. The number of carbonyl (C=O) groups excluding carboxylic acids is 2. The zero-order valence-electron chi connectivity index (χ0n) is 15.3. The van der Waals surface area contributed by atoms with Crippen LogP contribution in [0.25, 0.3) is 0 Å². The first-order valence-corrected chi connectivity index (χ1v) is 9.56. The van der Waals surface area contributed by atoms with E-state index in [1.54, 1.807) is 6.07 Å². The van der Waals surface area contributed by atoms with E-state index in [9.17, 15) is 9.59 Å². The van der Waals surface area contributed by atoms with Crippen LogP contribution in [0, 0.1) is 13.8 Å². The molecule has 27 heavy (non-hydrogen) atoms. The van der Waals surface area contributed by atoms with Gasteiger partial charge >= 0.3 is 5.97 Å². The fourth-order valence-electron chi connectivity index (χ4n) is 3.30. The lowest BCUT2D eigenvalue weighted by Gasteiger charge is -2.14. The van der Waals surface area contributed by atoms with Crippen molar-refractivity contribution in [3.8, 4) is 0 Å². The summed E-state index contributed by atoms with van der Waals surface area (Å²) in [6, 6.07) is 6.34. The van der Waals surface area contributed by atoms with Gasteiger partial charge in [0, 0.05) is 35.1 Å². The van der Waals surface area contributed by atoms with Crippen molar-refractivity contribution in [2.24, 2.45) is 0 Å². The maximum atomic E-state index is 12.6. The summed E-state index contributed by atoms with van der Waals surface area (Å²) in [5.74, 6) is -0.933. The van der Waals surface area contributed by atoms with Crippen LogP contribution in [0.2, 0.25) is 10.0 Å². The Balaban J connectivity index is 1.67. The van der Waals surface area contributed by atoms with Crippen LogP contribution in [-0.2, 0) is 16.0 Å². The van der Waals surface area contributed by atoms with Gasteiger partial charge in [0.1, 0.15) is 0 Å². The van der Waals surface area contributed by atoms with E-state index in [0.29, 0.717) is 10.6 Å². The Morgan fingerprint density at radius 1 is 1.22 bits per heavy atom. The fraction of sp³-hybridized carbons (Fsp3) is 0.400. The van der Waals surface area contributed by atoms with Gasteiger partial charge in [-0.05, 0) is 51.0 Å². The normalized spacial score (nSPS) is 16.5. The molecule has 5 nitrogen and oxygen atoms in total. The van der Waals surface area contributed by atoms with Gasteiger partial charge in [-0.1, -0.05) is 23.2 Å². The number of rotatable bonds is 6. The standard InChI is InChI=1S/C20H21Cl2NO4/c1-12-8-16(13(2)23(12)10-15-4-3-7-26-15)19(24)11-27-20(25)17-9-14(21)5-6-18(17)22/h5-6,8-9,15H,3-4,7,10-11H2,1-2H3/t15-/m1/s1. The molecule has 1 aromatic heterocycles. The summed E-state index contributed by atoms with van der Waals surface area (Å²) in [6.07, 6.45) is 2.27. The lowest BCUT2D eigenvalue weighted by atomic mass is 10.1. The highest BCUT2D eigenvalue weighted by molar-refractivity contribution is 6.35. The highest BCUT2D eigenvalue weighted by Gasteiger charge is 2.22. The van der Waals surface area contributed by atoms with Crippen molar-refractivity contribution in [3.05, 3.63) is 56.8 Å². The quantitative estimate of drug-likeness (QED) is 0.515. The van der Waals surface area contributed by atoms with Crippen LogP contribution in [0.4, 0.5) is 0 Å². The van der Waals surface area contributed by atoms with Gasteiger partial charge in [0.2, 0.25) is 5.78 Å². The number of halogens is 2. The first-order valence-electron chi connectivity index (χ1n) is 8.80. The summed E-state index contributed by atoms with van der Waals surface area (Å²) in [7, 11) is 0. The second kappa shape index (κ2) is 8.46. The minimum Gasteiger partial charge on any atom is -0.454 e. The Morgan fingerprint density at radius 3 is 2.70 bits per heavy atom. The Morgan fingerprint density at radius 2 is 2.00 bits per heavy atom. The molecule has 0 spiro atoms. The van der Waals surface area contributed by atoms with Crippen molar-refractivity contribution in [2.45, 2.75) is 39.3 Å². The first kappa shape index (κ1) is 19.9. The second-order valence-electron chi connectivity index (χ2n) is 6.65. The minimum absolute atomic E-state index is 0.140. The SMILES string of the molecule is Cc1cc(C(=O)COC(=O)c2cc(Cl)ccc2Cl)c(C)n1C[C@H]1CCCO1. The number of aryl methyl sites for hydroxylation is 1. The van der Waals surface area contributed by atoms with Crippen molar-refractivity contribution in [1.29, 1.82) is 0 Å². The summed E-state index contributed by atoms with van der Waals surface area (Å²) in [4.78, 5) is 24.8. The van der Waals surface area contributed by atoms with E-state index in [4.69, 9.17) is 32.7 Å². The third kappa shape index (κ3) is 4.54. The number of benzene rings is 1. The predicted octanol–water partition coefficient (Wildman–Crippen LogP) is 4.63. The van der Waals surface area contributed by atoms with E-state index in [1.165, 1.54) is 12.1 Å². The molecule has 0 amide bonds. The molecule has 3 rings (SSSR count). The highest BCUT2D eigenvalue weighted by atomic mass is 35.5. The molecular formula is C20H21Cl2NO4. The smallest absolute Gasteiger partial charge is 0.340 e. The van der Waals surface area contributed by atoms with Crippen molar-refractivity contribution < 1.29 is 19.1 Å². The van der Waals surface area contributed by atoms with E-state index in [-0.39, 0.29) is 29.1 Å². The van der Waals surface area contributed by atoms with Crippen LogP contribution in [0.3, 0.4) is 0 Å². The molecule has 0 radical (unpaired) electrons. The van der Waals surface area contributed by atoms with Crippen molar-refractivity contribution in [2.75, 3.05) is 13.2 Å². The average molecular weight is 410 g/mol. The number of ketones is 1. The largest absolute Gasteiger partial charge is 0.454 e. The van der Waals surface area contributed by atoms with Crippen LogP contribution >= 0.6 is 23.2 Å². The molecular weight excluding hydrogens is 389 g/mol. The average Bonchev–Trinajstić information content (AvgIpc) is 3.25. The zero-order chi connectivity index (χ0) is 19.6. The summed E-state index contributed by atoms with van der Waals surface area (Å²) >= 11 is 11.9. The summed E-state index contributed by atoms with van der Waals surface area (Å²) in [5, 5.41) is 0.599. The van der Waals surface area contributed by atoms with Gasteiger partial charge in [-0.15, -0.1) is 0 Å². The van der Waals surface area contributed by atoms with Crippen LogP contribution in [0.1, 0.15) is 44.9 Å². The molecule has 2 heterocycles. The zero-order valence-corrected chi connectivity index (χ0v) is 16.8. The molecule has 0 unspecified atom stereocenters. The van der Waals surface area contributed by atoms with Gasteiger partial charge in [-0.3, -0.25) is 4.79 Å². The maximum Gasteiger partial charge on any atom is 0.340 e. The van der Waals surface area contributed by atoms with E-state index >= 15 is 0 Å². The second-order valence-corrected chi connectivity index (χ2v) is 7.50. The molecule has 1 aliphatic heterocycles. The summed E-state index contributed by atoms with van der Waals surface area (Å²) < 4.78 is 12.9. The number of ether oxygens (including phenoxy) is 2. The Labute approximate surface area is 168 Å². The Bertz CT molecular complexity index is 869. The van der Waals surface area contributed by atoms with E-state index in [0.717, 1.165) is 37.4 Å². The molecule has 1 saturated heterocycles. The van der Waals surface area contributed by atoms with Gasteiger partial charge < -0.3 is 14.0 Å². The molecule has 0 aliphatic carbocycles. The molecule has 0 bridgehead atoms. The van der Waals surface area contributed by atoms with Gasteiger partial charge in [-0.25, -0.2) is 4.79 Å². The van der Waals surface area contributed by atoms with Crippen molar-refractivity contribution in [1.82, 2.24) is 4.57 Å². The number of hydrogen-bond donors (Lipinski definition) is 0. The molecule has 0 saturated carbocycles. The lowest BCUT2D eigenvalue weighted by molar-refractivity contribution is 0.0474. The molecule has 2 aromatic rings.